The van der Waals surface area contributed by atoms with E-state index in [1.807, 2.05) is 0 Å². The summed E-state index contributed by atoms with van der Waals surface area (Å²) in [5.41, 5.74) is 19.3. The number of rotatable bonds is 27. The molecule has 6 aromatic carbocycles. The van der Waals surface area contributed by atoms with Gasteiger partial charge in [-0.05, 0) is 134 Å². The van der Waals surface area contributed by atoms with Crippen LogP contribution in [-0.4, -0.2) is 131 Å². The molecule has 0 aliphatic heterocycles. The second-order valence-electron chi connectivity index (χ2n) is 20.8. The molecular weight excluding hydrogens is 925 g/mol. The Morgan fingerprint density at radius 1 is 0.676 bits per heavy atom. The minimum absolute atomic E-state index is 0.00492. The van der Waals surface area contributed by atoms with Crippen molar-refractivity contribution < 1.29 is 42.7 Å². The number of anilines is 1. The number of allylic oxidation sites excluding steroid dienone is 3. The average molecular weight is 1000 g/mol. The summed E-state index contributed by atoms with van der Waals surface area (Å²) in [5, 5.41) is 11.7. The second-order valence-corrected chi connectivity index (χ2v) is 20.8. The first-order valence-corrected chi connectivity index (χ1v) is 26.6. The van der Waals surface area contributed by atoms with Crippen LogP contribution in [0.3, 0.4) is 0 Å². The lowest BCUT2D eigenvalue weighted by Crippen LogP contribution is -2.38. The van der Waals surface area contributed by atoms with Crippen LogP contribution in [0.5, 0.6) is 5.75 Å². The molecule has 0 saturated carbocycles. The first-order chi connectivity index (χ1) is 36.0. The van der Waals surface area contributed by atoms with Crippen LogP contribution in [0.1, 0.15) is 69.5 Å². The van der Waals surface area contributed by atoms with Crippen molar-refractivity contribution in [2.24, 2.45) is 5.92 Å². The van der Waals surface area contributed by atoms with Gasteiger partial charge in [-0.25, -0.2) is 0 Å². The van der Waals surface area contributed by atoms with Gasteiger partial charge in [-0.1, -0.05) is 104 Å². The molecule has 0 bridgehead atoms. The van der Waals surface area contributed by atoms with Crippen molar-refractivity contribution in [1.82, 2.24) is 0 Å². The standard InChI is InChI=1S/C64H77N2O8/c1-9-66(6,7)42-50-39-51(18-13-49(50)43-73-35-34-71-31-30-69-27-26-67)64(52-19-25-61(60(41-52)65(4)5)74-37-36-72-33-32-70-29-28-68-8)58-38-44(2)10-20-55(58)56-23-17-48(40-59(56)64)54-22-15-47-14-21-53-45(3)11-12-46-16-24-57(54)63(47)62(46)53/h10-13,15-25,38-41,45,67H,9,14,26-37,42-43H2,1-8H3/q+1. The van der Waals surface area contributed by atoms with Crippen molar-refractivity contribution in [3.63, 3.8) is 0 Å². The van der Waals surface area contributed by atoms with E-state index in [0.717, 1.165) is 35.4 Å². The topological polar surface area (TPSA) is 88.1 Å². The molecule has 1 N–H and O–H groups in total. The summed E-state index contributed by atoms with van der Waals surface area (Å²) in [6, 6.07) is 37.7. The highest BCUT2D eigenvalue weighted by Crippen LogP contribution is 2.58. The van der Waals surface area contributed by atoms with Crippen LogP contribution in [-0.2, 0) is 53.4 Å². The largest absolute Gasteiger partial charge is 0.489 e. The van der Waals surface area contributed by atoms with Gasteiger partial charge in [0.15, 0.2) is 0 Å². The first-order valence-electron chi connectivity index (χ1n) is 26.6. The van der Waals surface area contributed by atoms with E-state index in [9.17, 15) is 0 Å². The third-order valence-electron chi connectivity index (χ3n) is 15.3. The number of hydrogen-bond acceptors (Lipinski definition) is 9. The quantitative estimate of drug-likeness (QED) is 0.0400. The van der Waals surface area contributed by atoms with E-state index in [1.54, 1.807) is 7.11 Å². The number of methoxy groups -OCH3 is 1. The number of hydrogen-bond donors (Lipinski definition) is 1. The van der Waals surface area contributed by atoms with E-state index in [-0.39, 0.29) is 6.61 Å². The highest BCUT2D eigenvalue weighted by Gasteiger charge is 2.47. The van der Waals surface area contributed by atoms with Gasteiger partial charge in [0.05, 0.1) is 111 Å². The molecule has 0 spiro atoms. The lowest BCUT2D eigenvalue weighted by Gasteiger charge is -2.36. The fourth-order valence-corrected chi connectivity index (χ4v) is 11.2. The number of fused-ring (bicyclic) bond motifs is 3. The summed E-state index contributed by atoms with van der Waals surface area (Å²) in [5.74, 6) is 1.18. The molecule has 0 amide bonds. The molecule has 10 heteroatoms. The van der Waals surface area contributed by atoms with Gasteiger partial charge in [-0.2, -0.15) is 0 Å². The fraction of sp³-hybridized carbons (Fsp3) is 0.406. The van der Waals surface area contributed by atoms with Crippen molar-refractivity contribution in [3.05, 3.63) is 165 Å². The second kappa shape index (κ2) is 23.9. The highest BCUT2D eigenvalue weighted by atomic mass is 16.6. The predicted molar refractivity (Wildman–Crippen MR) is 299 cm³/mol. The van der Waals surface area contributed by atoms with Crippen LogP contribution < -0.4 is 9.64 Å². The van der Waals surface area contributed by atoms with Crippen LogP contribution in [0.25, 0.3) is 44.7 Å². The number of aliphatic hydroxyl groups excluding tert-OH is 1. The molecule has 2 unspecified atom stereocenters. The molecule has 0 radical (unpaired) electrons. The van der Waals surface area contributed by atoms with Gasteiger partial charge in [-0.3, -0.25) is 0 Å². The number of aryl methyl sites for hydroxylation is 1. The fourth-order valence-electron chi connectivity index (χ4n) is 11.2. The molecule has 6 aromatic rings. The van der Waals surface area contributed by atoms with Crippen molar-refractivity contribution in [2.45, 2.75) is 45.8 Å². The van der Waals surface area contributed by atoms with E-state index in [4.69, 9.17) is 38.3 Å². The summed E-state index contributed by atoms with van der Waals surface area (Å²) in [6.07, 6.45) is 8.06. The first kappa shape index (κ1) is 53.2. The molecule has 9 rings (SSSR count). The minimum Gasteiger partial charge on any atom is -0.489 e. The molecule has 3 aliphatic rings. The van der Waals surface area contributed by atoms with Crippen molar-refractivity contribution >= 4 is 28.1 Å². The van der Waals surface area contributed by atoms with Gasteiger partial charge in [0.25, 0.3) is 0 Å². The monoisotopic (exact) mass is 1000 g/mol. The molecule has 10 nitrogen and oxygen atoms in total. The molecule has 0 aromatic heterocycles. The van der Waals surface area contributed by atoms with E-state index in [1.165, 1.54) is 94.2 Å². The molecule has 0 saturated heterocycles. The van der Waals surface area contributed by atoms with Crippen LogP contribution in [0, 0.1) is 12.8 Å². The van der Waals surface area contributed by atoms with Gasteiger partial charge in [0.1, 0.15) is 18.9 Å². The maximum Gasteiger partial charge on any atom is 0.142 e. The molecule has 0 fully saturated rings. The molecule has 3 aliphatic carbocycles. The van der Waals surface area contributed by atoms with Crippen molar-refractivity contribution in [3.8, 4) is 28.0 Å². The van der Waals surface area contributed by atoms with Crippen molar-refractivity contribution in [1.29, 1.82) is 0 Å². The minimum atomic E-state index is -0.720. The molecule has 0 heterocycles. The summed E-state index contributed by atoms with van der Waals surface area (Å²) in [4.78, 5) is 2.16. The van der Waals surface area contributed by atoms with E-state index in [2.05, 4.69) is 169 Å². The Labute approximate surface area is 439 Å². The third kappa shape index (κ3) is 11.0. The Kier molecular flexibility index (Phi) is 17.2. The van der Waals surface area contributed by atoms with Crippen molar-refractivity contribution in [2.75, 3.05) is 126 Å². The molecule has 2 atom stereocenters. The summed E-state index contributed by atoms with van der Waals surface area (Å²) in [6.45, 7) is 14.2. The maximum atomic E-state index is 9.05. The number of nitrogens with zero attached hydrogens (tertiary/aromatic N) is 2. The van der Waals surface area contributed by atoms with E-state index < -0.39 is 5.41 Å². The average Bonchev–Trinajstić information content (AvgIpc) is 3.70. The number of quaternary nitrogens is 1. The summed E-state index contributed by atoms with van der Waals surface area (Å²) < 4.78 is 41.5. The zero-order valence-corrected chi connectivity index (χ0v) is 45.1. The SMILES string of the molecule is CC[N+](C)(C)Cc1cc(C2(c3ccc(OCCOCCOCCOC)c(N(C)C)c3)c3cc(C)ccc3-c3ccc(-c4ccc5c6c7c(ccc46)C=CC(C)C7=CC5)cc32)ccc1COCCOCCOCCO. The maximum absolute atomic E-state index is 9.05. The summed E-state index contributed by atoms with van der Waals surface area (Å²) >= 11 is 0. The number of ether oxygens (including phenoxy) is 7. The smallest absolute Gasteiger partial charge is 0.142 e. The Balaban J connectivity index is 1.18. The van der Waals surface area contributed by atoms with Gasteiger partial charge in [0.2, 0.25) is 0 Å². The third-order valence-corrected chi connectivity index (χ3v) is 15.3. The predicted octanol–water partition coefficient (Wildman–Crippen LogP) is 11.0. The zero-order chi connectivity index (χ0) is 51.8. The van der Waals surface area contributed by atoms with Gasteiger partial charge in [0, 0.05) is 26.8 Å². The summed E-state index contributed by atoms with van der Waals surface area (Å²) in [7, 11) is 10.5. The Bertz CT molecular complexity index is 2990. The zero-order valence-electron chi connectivity index (χ0n) is 45.1. The van der Waals surface area contributed by atoms with Gasteiger partial charge < -0.3 is 47.6 Å². The Morgan fingerprint density at radius 3 is 2.07 bits per heavy atom. The van der Waals surface area contributed by atoms with E-state index in [0.29, 0.717) is 85.2 Å². The Hall–Kier alpha value is -5.66. The van der Waals surface area contributed by atoms with Crippen LogP contribution in [0.4, 0.5) is 5.69 Å². The Morgan fingerprint density at radius 2 is 1.34 bits per heavy atom. The molecular formula is C64H77N2O8+. The van der Waals surface area contributed by atoms with Crippen LogP contribution in [0.2, 0.25) is 0 Å². The highest BCUT2D eigenvalue weighted by molar-refractivity contribution is 6.09. The van der Waals surface area contributed by atoms with E-state index >= 15 is 0 Å². The van der Waals surface area contributed by atoms with Crippen LogP contribution in [0.15, 0.2) is 109 Å². The lowest BCUT2D eigenvalue weighted by atomic mass is 9.66. The number of benzene rings is 6. The molecule has 74 heavy (non-hydrogen) atoms. The van der Waals surface area contributed by atoms with Gasteiger partial charge >= 0.3 is 0 Å². The lowest BCUT2D eigenvalue weighted by molar-refractivity contribution is -0.901. The normalized spacial score (nSPS) is 16.4. The molecule has 390 valence electrons. The number of aliphatic hydroxyl groups is 1. The van der Waals surface area contributed by atoms with Gasteiger partial charge in [-0.15, -0.1) is 0 Å². The van der Waals surface area contributed by atoms with Crippen LogP contribution >= 0.6 is 0 Å².